The topological polar surface area (TPSA) is 38.8 Å². The first-order valence-corrected chi connectivity index (χ1v) is 14.4. The minimum Gasteiger partial charge on any atom is -0.452 e. The van der Waals surface area contributed by atoms with E-state index in [1.807, 2.05) is 18.2 Å². The van der Waals surface area contributed by atoms with Crippen molar-refractivity contribution >= 4 is 11.7 Å². The standard InChI is InChI=1S/C36H39NO3/c1-4-5-10-28-14-18-30(19-15-28)31-20-16-29(17-21-31)26-37(24-9-13-27-11-7-6-8-12-27)32-22-23-34-33(25-32)35(38)40-36(2,3)39-34/h6-8,11-12,14-23,25H,4-5,9-10,13,24,26H2,1-3H3. The number of nitrogens with zero attached hydrogens (tertiary/aromatic N) is 1. The van der Waals surface area contributed by atoms with Crippen LogP contribution >= 0.6 is 0 Å². The molecule has 0 bridgehead atoms. The number of hydrogen-bond acceptors (Lipinski definition) is 4. The summed E-state index contributed by atoms with van der Waals surface area (Å²) in [7, 11) is 0. The predicted molar refractivity (Wildman–Crippen MR) is 163 cm³/mol. The molecule has 0 unspecified atom stereocenters. The van der Waals surface area contributed by atoms with Crippen molar-refractivity contribution in [3.63, 3.8) is 0 Å². The number of anilines is 1. The lowest BCUT2D eigenvalue weighted by Gasteiger charge is -2.33. The summed E-state index contributed by atoms with van der Waals surface area (Å²) in [5.41, 5.74) is 7.87. The molecular formula is C36H39NO3. The molecule has 0 radical (unpaired) electrons. The van der Waals surface area contributed by atoms with Gasteiger partial charge in [0.1, 0.15) is 11.3 Å². The summed E-state index contributed by atoms with van der Waals surface area (Å²) in [5, 5.41) is 0. The highest BCUT2D eigenvalue weighted by Crippen LogP contribution is 2.34. The van der Waals surface area contributed by atoms with Crippen molar-refractivity contribution in [3.8, 4) is 16.9 Å². The Hall–Kier alpha value is -4.05. The zero-order valence-electron chi connectivity index (χ0n) is 23.9. The van der Waals surface area contributed by atoms with Crippen LogP contribution in [0.25, 0.3) is 11.1 Å². The number of fused-ring (bicyclic) bond motifs is 1. The van der Waals surface area contributed by atoms with Gasteiger partial charge < -0.3 is 14.4 Å². The lowest BCUT2D eigenvalue weighted by atomic mass is 10.0. The lowest BCUT2D eigenvalue weighted by Crippen LogP contribution is -2.39. The third-order valence-corrected chi connectivity index (χ3v) is 7.41. The number of carbonyl (C=O) groups is 1. The van der Waals surface area contributed by atoms with E-state index in [4.69, 9.17) is 9.47 Å². The molecule has 4 aromatic carbocycles. The van der Waals surface area contributed by atoms with Crippen LogP contribution in [-0.4, -0.2) is 18.3 Å². The first kappa shape index (κ1) is 27.5. The Bertz CT molecular complexity index is 1410. The highest BCUT2D eigenvalue weighted by Gasteiger charge is 2.34. The van der Waals surface area contributed by atoms with Crippen molar-refractivity contribution in [3.05, 3.63) is 119 Å². The van der Waals surface area contributed by atoms with Gasteiger partial charge in [-0.05, 0) is 71.7 Å². The number of carbonyl (C=O) groups excluding carboxylic acids is 1. The zero-order chi connectivity index (χ0) is 28.0. The first-order chi connectivity index (χ1) is 19.4. The van der Waals surface area contributed by atoms with Crippen molar-refractivity contribution in [2.24, 2.45) is 0 Å². The fourth-order valence-corrected chi connectivity index (χ4v) is 5.21. The van der Waals surface area contributed by atoms with Gasteiger partial charge in [-0.2, -0.15) is 0 Å². The maximum absolute atomic E-state index is 12.8. The number of benzene rings is 4. The highest BCUT2D eigenvalue weighted by atomic mass is 16.7. The van der Waals surface area contributed by atoms with E-state index in [0.717, 1.165) is 38.0 Å². The van der Waals surface area contributed by atoms with Crippen LogP contribution in [0, 0.1) is 0 Å². The lowest BCUT2D eigenvalue weighted by molar-refractivity contribution is -0.127. The van der Waals surface area contributed by atoms with Crippen LogP contribution in [0.2, 0.25) is 0 Å². The summed E-state index contributed by atoms with van der Waals surface area (Å²) < 4.78 is 11.4. The fourth-order valence-electron chi connectivity index (χ4n) is 5.21. The SMILES string of the molecule is CCCCc1ccc(-c2ccc(CN(CCCc3ccccc3)c3ccc4c(c3)C(=O)OC(C)(C)O4)cc2)cc1. The molecule has 0 fully saturated rings. The van der Waals surface area contributed by atoms with E-state index >= 15 is 0 Å². The van der Waals surface area contributed by atoms with Gasteiger partial charge in [0.15, 0.2) is 0 Å². The molecule has 0 spiro atoms. The Labute approximate surface area is 238 Å². The third kappa shape index (κ3) is 6.93. The van der Waals surface area contributed by atoms with Crippen molar-refractivity contribution in [1.29, 1.82) is 0 Å². The summed E-state index contributed by atoms with van der Waals surface area (Å²) in [5.74, 6) is -0.736. The van der Waals surface area contributed by atoms with Gasteiger partial charge in [-0.1, -0.05) is 92.2 Å². The summed E-state index contributed by atoms with van der Waals surface area (Å²) >= 11 is 0. The molecular weight excluding hydrogens is 494 g/mol. The van der Waals surface area contributed by atoms with E-state index in [2.05, 4.69) is 90.7 Å². The number of ether oxygens (including phenoxy) is 2. The molecule has 0 aliphatic carbocycles. The fraction of sp³-hybridized carbons (Fsp3) is 0.306. The molecule has 0 saturated carbocycles. The van der Waals surface area contributed by atoms with Crippen LogP contribution in [0.1, 0.15) is 67.1 Å². The Morgan fingerprint density at radius 2 is 1.32 bits per heavy atom. The second kappa shape index (κ2) is 12.4. The highest BCUT2D eigenvalue weighted by molar-refractivity contribution is 5.94. The molecule has 0 N–H and O–H groups in total. The van der Waals surface area contributed by atoms with Gasteiger partial charge in [0, 0.05) is 32.6 Å². The summed E-state index contributed by atoms with van der Waals surface area (Å²) in [6.45, 7) is 7.33. The molecule has 0 atom stereocenters. The van der Waals surface area contributed by atoms with Crippen molar-refractivity contribution in [2.75, 3.05) is 11.4 Å². The summed E-state index contributed by atoms with van der Waals surface area (Å²) in [6.07, 6.45) is 5.58. The molecule has 4 heteroatoms. The summed E-state index contributed by atoms with van der Waals surface area (Å²) in [6, 6.07) is 34.2. The Morgan fingerprint density at radius 3 is 2.00 bits per heavy atom. The van der Waals surface area contributed by atoms with E-state index in [0.29, 0.717) is 11.3 Å². The van der Waals surface area contributed by atoms with Crippen molar-refractivity contribution in [2.45, 2.75) is 65.2 Å². The maximum Gasteiger partial charge on any atom is 0.345 e. The van der Waals surface area contributed by atoms with Gasteiger partial charge in [-0.15, -0.1) is 0 Å². The third-order valence-electron chi connectivity index (χ3n) is 7.41. The van der Waals surface area contributed by atoms with Gasteiger partial charge >= 0.3 is 5.97 Å². The van der Waals surface area contributed by atoms with E-state index in [1.54, 1.807) is 13.8 Å². The van der Waals surface area contributed by atoms with Crippen LogP contribution in [0.3, 0.4) is 0 Å². The largest absolute Gasteiger partial charge is 0.452 e. The molecule has 0 saturated heterocycles. The van der Waals surface area contributed by atoms with E-state index in [1.165, 1.54) is 40.7 Å². The number of unbranched alkanes of at least 4 members (excludes halogenated alkanes) is 1. The van der Waals surface area contributed by atoms with Gasteiger partial charge in [0.2, 0.25) is 5.79 Å². The summed E-state index contributed by atoms with van der Waals surface area (Å²) in [4.78, 5) is 15.1. The second-order valence-electron chi connectivity index (χ2n) is 11.1. The van der Waals surface area contributed by atoms with Gasteiger partial charge in [-0.3, -0.25) is 0 Å². The van der Waals surface area contributed by atoms with E-state index in [9.17, 15) is 4.79 Å². The zero-order valence-corrected chi connectivity index (χ0v) is 23.9. The van der Waals surface area contributed by atoms with E-state index < -0.39 is 5.79 Å². The minimum absolute atomic E-state index is 0.345. The van der Waals surface area contributed by atoms with Gasteiger partial charge in [-0.25, -0.2) is 4.79 Å². The van der Waals surface area contributed by atoms with Crippen molar-refractivity contribution in [1.82, 2.24) is 0 Å². The molecule has 40 heavy (non-hydrogen) atoms. The number of hydrogen-bond donors (Lipinski definition) is 0. The minimum atomic E-state index is -0.960. The second-order valence-corrected chi connectivity index (χ2v) is 11.1. The smallest absolute Gasteiger partial charge is 0.345 e. The molecule has 5 rings (SSSR count). The molecule has 1 aliphatic rings. The Balaban J connectivity index is 1.34. The van der Waals surface area contributed by atoms with Crippen LogP contribution in [0.15, 0.2) is 97.1 Å². The van der Waals surface area contributed by atoms with E-state index in [-0.39, 0.29) is 5.97 Å². The van der Waals surface area contributed by atoms with Gasteiger partial charge in [0.25, 0.3) is 0 Å². The molecule has 4 aromatic rings. The average Bonchev–Trinajstić information content (AvgIpc) is 2.96. The Morgan fingerprint density at radius 1 is 0.700 bits per heavy atom. The number of aryl methyl sites for hydroxylation is 2. The van der Waals surface area contributed by atoms with Crippen LogP contribution < -0.4 is 9.64 Å². The van der Waals surface area contributed by atoms with Crippen LogP contribution in [0.5, 0.6) is 5.75 Å². The predicted octanol–water partition coefficient (Wildman–Crippen LogP) is 8.62. The van der Waals surface area contributed by atoms with Crippen LogP contribution in [0.4, 0.5) is 5.69 Å². The monoisotopic (exact) mass is 533 g/mol. The molecule has 1 aliphatic heterocycles. The number of esters is 1. The quantitative estimate of drug-likeness (QED) is 0.181. The normalized spacial score (nSPS) is 13.7. The Kier molecular flexibility index (Phi) is 8.54. The maximum atomic E-state index is 12.8. The molecule has 0 aromatic heterocycles. The number of cyclic esters (lactones) is 1. The van der Waals surface area contributed by atoms with Crippen LogP contribution in [-0.2, 0) is 24.1 Å². The first-order valence-electron chi connectivity index (χ1n) is 14.4. The van der Waals surface area contributed by atoms with Gasteiger partial charge in [0.05, 0.1) is 0 Å². The number of rotatable bonds is 11. The van der Waals surface area contributed by atoms with Crippen molar-refractivity contribution < 1.29 is 14.3 Å². The molecule has 0 amide bonds. The average molecular weight is 534 g/mol. The molecule has 4 nitrogen and oxygen atoms in total. The molecule has 206 valence electrons. The molecule has 1 heterocycles.